The number of benzene rings is 2. The Labute approximate surface area is 189 Å². The molecule has 2 heterocycles. The number of aliphatic hydroxyl groups excluding tert-OH is 1. The van der Waals surface area contributed by atoms with Crippen molar-refractivity contribution in [1.29, 1.82) is 0 Å². The quantitative estimate of drug-likeness (QED) is 0.367. The minimum Gasteiger partial charge on any atom is -0.454 e. The van der Waals surface area contributed by atoms with E-state index in [2.05, 4.69) is 0 Å². The van der Waals surface area contributed by atoms with Crippen LogP contribution in [0.25, 0.3) is 0 Å². The summed E-state index contributed by atoms with van der Waals surface area (Å²) in [6.45, 7) is -0.587. The minimum absolute atomic E-state index is 0.251. The molecule has 0 radical (unpaired) electrons. The van der Waals surface area contributed by atoms with Gasteiger partial charge in [-0.1, -0.05) is 30.3 Å². The molecule has 2 aromatic carbocycles. The topological polar surface area (TPSA) is 147 Å². The maximum Gasteiger partial charge on any atom is 0.325 e. The van der Waals surface area contributed by atoms with Gasteiger partial charge in [0.2, 0.25) is 0 Å². The lowest BCUT2D eigenvalue weighted by molar-refractivity contribution is -0.387. The number of fused-ring (bicyclic) bond motifs is 1. The predicted molar refractivity (Wildman–Crippen MR) is 115 cm³/mol. The van der Waals surface area contributed by atoms with E-state index < -0.39 is 62.7 Å². The molecule has 174 valence electrons. The van der Waals surface area contributed by atoms with Gasteiger partial charge in [0.15, 0.2) is 11.5 Å². The van der Waals surface area contributed by atoms with Crippen LogP contribution >= 0.6 is 0 Å². The van der Waals surface area contributed by atoms with Gasteiger partial charge in [0.05, 0.1) is 11.0 Å². The van der Waals surface area contributed by atoms with E-state index in [1.807, 2.05) is 12.1 Å². The summed E-state index contributed by atoms with van der Waals surface area (Å²) in [4.78, 5) is 36.7. The number of amides is 1. The maximum atomic E-state index is 13.1. The van der Waals surface area contributed by atoms with Gasteiger partial charge in [-0.2, -0.15) is 4.31 Å². The van der Waals surface area contributed by atoms with Gasteiger partial charge in [0.1, 0.15) is 6.04 Å². The monoisotopic (exact) mass is 475 g/mol. The molecule has 1 fully saturated rings. The number of ether oxygens (including phenoxy) is 1. The van der Waals surface area contributed by atoms with Gasteiger partial charge in [-0.15, -0.1) is 0 Å². The fourth-order valence-corrected chi connectivity index (χ4v) is 5.91. The number of hydrogen-bond donors (Lipinski definition) is 1. The Morgan fingerprint density at radius 2 is 1.85 bits per heavy atom. The Balaban J connectivity index is 1.49. The Kier molecular flexibility index (Phi) is 6.15. The Morgan fingerprint density at radius 3 is 2.61 bits per heavy atom. The number of nitrogens with zero attached hydrogens (tertiary/aromatic N) is 3. The van der Waals surface area contributed by atoms with Gasteiger partial charge in [0.25, 0.3) is 21.6 Å². The summed E-state index contributed by atoms with van der Waals surface area (Å²) in [5.41, 5.74) is 1.09. The summed E-state index contributed by atoms with van der Waals surface area (Å²) in [6, 6.07) is 10.7. The summed E-state index contributed by atoms with van der Waals surface area (Å²) in [6.07, 6.45) is -0.743. The van der Waals surface area contributed by atoms with Crippen LogP contribution in [0.5, 0.6) is 0 Å². The van der Waals surface area contributed by atoms with Crippen molar-refractivity contribution < 1.29 is 32.8 Å². The highest BCUT2D eigenvalue weighted by molar-refractivity contribution is 7.89. The number of sulfonamides is 1. The zero-order valence-electron chi connectivity index (χ0n) is 17.4. The molecule has 12 heteroatoms. The Morgan fingerprint density at radius 1 is 1.15 bits per heavy atom. The molecular weight excluding hydrogens is 454 g/mol. The lowest BCUT2D eigenvalue weighted by atomic mass is 10.2. The second-order valence-electron chi connectivity index (χ2n) is 7.74. The van der Waals surface area contributed by atoms with Crippen LogP contribution < -0.4 is 4.90 Å². The zero-order chi connectivity index (χ0) is 23.8. The van der Waals surface area contributed by atoms with Crippen LogP contribution in [0.1, 0.15) is 12.0 Å². The van der Waals surface area contributed by atoms with E-state index in [1.54, 1.807) is 12.1 Å². The van der Waals surface area contributed by atoms with Crippen LogP contribution in [0.4, 0.5) is 11.4 Å². The fraction of sp³-hybridized carbons (Fsp3) is 0.333. The highest BCUT2D eigenvalue weighted by Crippen LogP contribution is 2.32. The molecule has 4 rings (SSSR count). The number of hydrogen-bond acceptors (Lipinski definition) is 8. The highest BCUT2D eigenvalue weighted by Gasteiger charge is 2.46. The summed E-state index contributed by atoms with van der Waals surface area (Å²) in [7, 11) is -4.50. The Bertz CT molecular complexity index is 1220. The van der Waals surface area contributed by atoms with Gasteiger partial charge in [-0.3, -0.25) is 19.7 Å². The van der Waals surface area contributed by atoms with Gasteiger partial charge in [0, 0.05) is 31.3 Å². The summed E-state index contributed by atoms with van der Waals surface area (Å²) in [5, 5.41) is 21.3. The highest BCUT2D eigenvalue weighted by atomic mass is 32.2. The normalized spacial score (nSPS) is 20.5. The van der Waals surface area contributed by atoms with E-state index in [9.17, 15) is 33.2 Å². The molecule has 2 aliphatic rings. The fourth-order valence-electron chi connectivity index (χ4n) is 4.12. The molecule has 2 aliphatic heterocycles. The molecule has 1 N–H and O–H groups in total. The van der Waals surface area contributed by atoms with Crippen molar-refractivity contribution in [3.8, 4) is 0 Å². The molecule has 1 amide bonds. The van der Waals surface area contributed by atoms with Crippen molar-refractivity contribution >= 4 is 33.3 Å². The standard InChI is InChI=1S/C21H21N3O8S/c25-15-11-18(23(12-15)33(30,31)19-8-4-3-7-17(19)24(28)29)21(27)32-13-20(26)22-10-9-14-5-1-2-6-16(14)22/h1-8,15,18,25H,9-13H2/t15-,18-/m0/s1. The molecule has 11 nitrogen and oxygen atoms in total. The lowest BCUT2D eigenvalue weighted by Crippen LogP contribution is -2.43. The number of rotatable bonds is 6. The second-order valence-corrected chi connectivity index (χ2v) is 9.60. The van der Waals surface area contributed by atoms with Gasteiger partial charge < -0.3 is 14.7 Å². The first kappa shape index (κ1) is 22.8. The van der Waals surface area contributed by atoms with E-state index in [1.165, 1.54) is 17.0 Å². The van der Waals surface area contributed by atoms with Gasteiger partial charge in [-0.25, -0.2) is 8.42 Å². The van der Waals surface area contributed by atoms with E-state index in [0.717, 1.165) is 23.4 Å². The maximum absolute atomic E-state index is 13.1. The van der Waals surface area contributed by atoms with Crippen LogP contribution in [0.15, 0.2) is 53.4 Å². The number of carbonyl (C=O) groups is 2. The molecule has 0 aliphatic carbocycles. The first-order chi connectivity index (χ1) is 15.7. The third-order valence-corrected chi connectivity index (χ3v) is 7.60. The average molecular weight is 475 g/mol. The number of nitro groups is 1. The molecule has 0 saturated carbocycles. The minimum atomic E-state index is -4.50. The summed E-state index contributed by atoms with van der Waals surface area (Å²) < 4.78 is 32.1. The van der Waals surface area contributed by atoms with E-state index in [0.29, 0.717) is 17.3 Å². The third-order valence-electron chi connectivity index (χ3n) is 5.68. The molecule has 33 heavy (non-hydrogen) atoms. The lowest BCUT2D eigenvalue weighted by Gasteiger charge is -2.23. The van der Waals surface area contributed by atoms with Gasteiger partial charge >= 0.3 is 5.97 Å². The molecule has 1 saturated heterocycles. The smallest absolute Gasteiger partial charge is 0.325 e. The first-order valence-corrected chi connectivity index (χ1v) is 11.6. The molecule has 0 unspecified atom stereocenters. The molecule has 2 aromatic rings. The van der Waals surface area contributed by atoms with Crippen LogP contribution in [-0.4, -0.2) is 66.5 Å². The predicted octanol–water partition coefficient (Wildman–Crippen LogP) is 0.851. The average Bonchev–Trinajstić information content (AvgIpc) is 3.41. The number of esters is 1. The van der Waals surface area contributed by atoms with Crippen LogP contribution in [0.3, 0.4) is 0 Å². The third kappa shape index (κ3) is 4.32. The first-order valence-electron chi connectivity index (χ1n) is 10.2. The van der Waals surface area contributed by atoms with E-state index in [-0.39, 0.29) is 6.42 Å². The number of carbonyl (C=O) groups excluding carboxylic acids is 2. The largest absolute Gasteiger partial charge is 0.454 e. The summed E-state index contributed by atoms with van der Waals surface area (Å²) >= 11 is 0. The van der Waals surface area contributed by atoms with Crippen LogP contribution in [0, 0.1) is 10.1 Å². The Hall–Kier alpha value is -3.35. The number of anilines is 1. The van der Waals surface area contributed by atoms with Crippen molar-refractivity contribution in [3.05, 3.63) is 64.2 Å². The number of para-hydroxylation sites is 2. The summed E-state index contributed by atoms with van der Waals surface area (Å²) in [5.74, 6) is -1.46. The van der Waals surface area contributed by atoms with Crippen molar-refractivity contribution in [2.45, 2.75) is 29.9 Å². The number of β-amino-alcohol motifs (C(OH)–C–C–N with tert-alkyl or cyclic N) is 1. The van der Waals surface area contributed by atoms with E-state index in [4.69, 9.17) is 4.74 Å². The van der Waals surface area contributed by atoms with Crippen molar-refractivity contribution in [2.75, 3.05) is 24.6 Å². The molecule has 2 atom stereocenters. The molecule has 0 spiro atoms. The number of aliphatic hydroxyl groups is 1. The van der Waals surface area contributed by atoms with Crippen molar-refractivity contribution in [3.63, 3.8) is 0 Å². The van der Waals surface area contributed by atoms with Crippen LogP contribution in [-0.2, 0) is 30.8 Å². The van der Waals surface area contributed by atoms with Crippen LogP contribution in [0.2, 0.25) is 0 Å². The SMILES string of the molecule is O=C(OCC(=O)N1CCc2ccccc21)[C@@H]1C[C@H](O)CN1S(=O)(=O)c1ccccc1[N+](=O)[O-]. The number of nitro benzene ring substituents is 1. The van der Waals surface area contributed by atoms with Gasteiger partial charge in [-0.05, 0) is 24.1 Å². The van der Waals surface area contributed by atoms with E-state index >= 15 is 0 Å². The second kappa shape index (κ2) is 8.89. The zero-order valence-corrected chi connectivity index (χ0v) is 18.2. The van der Waals surface area contributed by atoms with Crippen molar-refractivity contribution in [1.82, 2.24) is 4.31 Å². The molecule has 0 bridgehead atoms. The van der Waals surface area contributed by atoms with Crippen molar-refractivity contribution in [2.24, 2.45) is 0 Å². The molecular formula is C21H21N3O8S. The molecule has 0 aromatic heterocycles.